The van der Waals surface area contributed by atoms with Crippen molar-refractivity contribution in [1.82, 2.24) is 0 Å². The summed E-state index contributed by atoms with van der Waals surface area (Å²) in [4.78, 5) is 72.5. The van der Waals surface area contributed by atoms with Gasteiger partial charge in [-0.2, -0.15) is 0 Å². The summed E-state index contributed by atoms with van der Waals surface area (Å²) in [6.45, 7) is 4.91. The fraction of sp³-hybridized carbons (Fsp3) is 0.947. The number of phosphoric ester groups is 2. The van der Waals surface area contributed by atoms with Crippen LogP contribution in [0.4, 0.5) is 0 Å². The summed E-state index contributed by atoms with van der Waals surface area (Å²) in [5.74, 6) is -2.12. The molecule has 0 radical (unpaired) electrons. The SMILES string of the molecule is CCCCCCCCCCCCCCCCCCCC(=O)O[C@H](COC(=O)CCCCCCCCCCCCCCCCCC)COP(=O)(O)OC[C@@H](O)COP(=O)(O)OC[C@@H](COC(=O)CCCCCCC)OC(=O)CCCCCCCCCCCCCCCCCC. The number of hydrogen-bond acceptors (Lipinski definition) is 15. The number of aliphatic hydroxyl groups excluding tert-OH is 1. The molecule has 0 saturated heterocycles. The Kier molecular flexibility index (Phi) is 68.1. The number of unbranched alkanes of at least 4 members (excludes halogenated alkanes) is 50. The first-order chi connectivity index (χ1) is 45.7. The topological polar surface area (TPSA) is 237 Å². The molecule has 558 valence electrons. The van der Waals surface area contributed by atoms with E-state index >= 15 is 0 Å². The average molecular weight is 1380 g/mol. The van der Waals surface area contributed by atoms with E-state index in [1.54, 1.807) is 0 Å². The van der Waals surface area contributed by atoms with E-state index in [4.69, 9.17) is 37.0 Å². The number of rotatable bonds is 76. The molecular formula is C75H146O17P2. The van der Waals surface area contributed by atoms with Crippen molar-refractivity contribution in [3.05, 3.63) is 0 Å². The lowest BCUT2D eigenvalue weighted by molar-refractivity contribution is -0.161. The van der Waals surface area contributed by atoms with Gasteiger partial charge in [0.05, 0.1) is 26.4 Å². The minimum absolute atomic E-state index is 0.108. The Hall–Kier alpha value is -1.94. The van der Waals surface area contributed by atoms with Crippen molar-refractivity contribution < 1.29 is 80.2 Å². The van der Waals surface area contributed by atoms with Crippen molar-refractivity contribution in [2.45, 2.75) is 418 Å². The Bertz CT molecular complexity index is 1790. The largest absolute Gasteiger partial charge is 0.472 e. The second kappa shape index (κ2) is 69.5. The van der Waals surface area contributed by atoms with E-state index < -0.39 is 97.5 Å². The van der Waals surface area contributed by atoms with Gasteiger partial charge in [-0.15, -0.1) is 0 Å². The van der Waals surface area contributed by atoms with Crippen molar-refractivity contribution >= 4 is 39.5 Å². The van der Waals surface area contributed by atoms with Crippen LogP contribution in [0.15, 0.2) is 0 Å². The van der Waals surface area contributed by atoms with E-state index in [2.05, 4.69) is 27.7 Å². The van der Waals surface area contributed by atoms with Crippen molar-refractivity contribution in [2.24, 2.45) is 0 Å². The highest BCUT2D eigenvalue weighted by molar-refractivity contribution is 7.47. The third kappa shape index (κ3) is 68.6. The molecule has 3 N–H and O–H groups in total. The fourth-order valence-electron chi connectivity index (χ4n) is 11.6. The number of ether oxygens (including phenoxy) is 4. The smallest absolute Gasteiger partial charge is 0.462 e. The van der Waals surface area contributed by atoms with Crippen LogP contribution in [0.25, 0.3) is 0 Å². The molecular weight excluding hydrogens is 1230 g/mol. The molecule has 94 heavy (non-hydrogen) atoms. The van der Waals surface area contributed by atoms with Crippen molar-refractivity contribution in [3.8, 4) is 0 Å². The second-order valence-corrected chi connectivity index (χ2v) is 29.9. The van der Waals surface area contributed by atoms with E-state index in [1.165, 1.54) is 225 Å². The highest BCUT2D eigenvalue weighted by Crippen LogP contribution is 2.45. The Balaban J connectivity index is 5.13. The maximum atomic E-state index is 13.1. The van der Waals surface area contributed by atoms with E-state index in [9.17, 15) is 43.2 Å². The summed E-state index contributed by atoms with van der Waals surface area (Å²) < 4.78 is 68.3. The molecule has 17 nitrogen and oxygen atoms in total. The first-order valence-electron chi connectivity index (χ1n) is 39.3. The van der Waals surface area contributed by atoms with Crippen molar-refractivity contribution in [1.29, 1.82) is 0 Å². The van der Waals surface area contributed by atoms with Gasteiger partial charge in [0.15, 0.2) is 12.2 Å². The summed E-state index contributed by atoms with van der Waals surface area (Å²) >= 11 is 0. The fourth-order valence-corrected chi connectivity index (χ4v) is 13.2. The second-order valence-electron chi connectivity index (χ2n) is 27.0. The highest BCUT2D eigenvalue weighted by Gasteiger charge is 2.30. The zero-order valence-electron chi connectivity index (χ0n) is 60.9. The van der Waals surface area contributed by atoms with Gasteiger partial charge in [-0.05, 0) is 25.7 Å². The number of phosphoric acid groups is 2. The normalized spacial score (nSPS) is 13.9. The number of esters is 4. The molecule has 19 heteroatoms. The van der Waals surface area contributed by atoms with Gasteiger partial charge >= 0.3 is 39.5 Å². The third-order valence-corrected chi connectivity index (χ3v) is 19.5. The lowest BCUT2D eigenvalue weighted by Gasteiger charge is -2.21. The number of hydrogen-bond donors (Lipinski definition) is 3. The Labute approximate surface area is 575 Å². The van der Waals surface area contributed by atoms with Crippen LogP contribution < -0.4 is 0 Å². The van der Waals surface area contributed by atoms with Crippen molar-refractivity contribution in [2.75, 3.05) is 39.6 Å². The van der Waals surface area contributed by atoms with Gasteiger partial charge in [0, 0.05) is 25.7 Å². The summed E-state index contributed by atoms with van der Waals surface area (Å²) in [6, 6.07) is 0. The molecule has 5 atom stereocenters. The monoisotopic (exact) mass is 1380 g/mol. The zero-order chi connectivity index (χ0) is 69.0. The molecule has 0 rings (SSSR count). The van der Waals surface area contributed by atoms with E-state index in [1.807, 2.05) is 0 Å². The molecule has 0 aliphatic heterocycles. The van der Waals surface area contributed by atoms with Crippen LogP contribution in [0.2, 0.25) is 0 Å². The van der Waals surface area contributed by atoms with Gasteiger partial charge in [-0.3, -0.25) is 37.3 Å². The number of aliphatic hydroxyl groups is 1. The molecule has 0 heterocycles. The highest BCUT2D eigenvalue weighted by atomic mass is 31.2. The molecule has 2 unspecified atom stereocenters. The first kappa shape index (κ1) is 92.1. The molecule has 0 amide bonds. The predicted octanol–water partition coefficient (Wildman–Crippen LogP) is 22.2. The Morgan fingerprint density at radius 3 is 0.628 bits per heavy atom. The molecule has 0 aliphatic rings. The van der Waals surface area contributed by atoms with Gasteiger partial charge < -0.3 is 33.8 Å². The van der Waals surface area contributed by atoms with Gasteiger partial charge in [-0.1, -0.05) is 349 Å². The quantitative estimate of drug-likeness (QED) is 0.0222. The van der Waals surface area contributed by atoms with Crippen LogP contribution >= 0.6 is 15.6 Å². The molecule has 0 saturated carbocycles. The lowest BCUT2D eigenvalue weighted by Crippen LogP contribution is -2.30. The standard InChI is InChI=1S/C75H146O17P2/c1-5-9-13-17-20-23-26-29-32-35-38-41-44-47-50-54-58-62-75(80)92-71(66-86-73(78)60-56-52-48-45-42-39-36-33-30-27-24-21-18-14-10-6-2)68-90-94(83,84)88-64-69(76)63-87-93(81,82)89-67-70(65-85-72(77)59-55-51-16-12-8-4)91-74(79)61-57-53-49-46-43-40-37-34-31-28-25-22-19-15-11-7-3/h69-71,76H,5-68H2,1-4H3,(H,81,82)(H,83,84)/t69-,70+,71+/m0/s1. The predicted molar refractivity (Wildman–Crippen MR) is 382 cm³/mol. The van der Waals surface area contributed by atoms with Gasteiger partial charge in [0.2, 0.25) is 0 Å². The maximum Gasteiger partial charge on any atom is 0.472 e. The minimum atomic E-state index is -4.95. The Morgan fingerprint density at radius 2 is 0.426 bits per heavy atom. The van der Waals surface area contributed by atoms with Crippen LogP contribution in [-0.4, -0.2) is 96.7 Å². The average Bonchev–Trinajstić information content (AvgIpc) is 1.32. The molecule has 0 aromatic carbocycles. The number of carbonyl (C=O) groups excluding carboxylic acids is 4. The van der Waals surface area contributed by atoms with Crippen LogP contribution in [-0.2, 0) is 65.4 Å². The Morgan fingerprint density at radius 1 is 0.255 bits per heavy atom. The van der Waals surface area contributed by atoms with E-state index in [-0.39, 0.29) is 25.7 Å². The molecule has 0 fully saturated rings. The third-order valence-electron chi connectivity index (χ3n) is 17.6. The van der Waals surface area contributed by atoms with E-state index in [0.29, 0.717) is 25.7 Å². The molecule has 0 bridgehead atoms. The van der Waals surface area contributed by atoms with Crippen LogP contribution in [0.3, 0.4) is 0 Å². The van der Waals surface area contributed by atoms with Crippen LogP contribution in [0, 0.1) is 0 Å². The van der Waals surface area contributed by atoms with Crippen molar-refractivity contribution in [3.63, 3.8) is 0 Å². The molecule has 0 aromatic heterocycles. The maximum absolute atomic E-state index is 13.1. The lowest BCUT2D eigenvalue weighted by atomic mass is 10.0. The summed E-state index contributed by atoms with van der Waals surface area (Å²) in [5.41, 5.74) is 0. The van der Waals surface area contributed by atoms with Crippen LogP contribution in [0.5, 0.6) is 0 Å². The minimum Gasteiger partial charge on any atom is -0.462 e. The summed E-state index contributed by atoms with van der Waals surface area (Å²) in [7, 11) is -9.90. The van der Waals surface area contributed by atoms with Gasteiger partial charge in [0.25, 0.3) is 0 Å². The molecule has 0 aromatic rings. The molecule has 0 spiro atoms. The zero-order valence-corrected chi connectivity index (χ0v) is 62.7. The summed E-state index contributed by atoms with van der Waals surface area (Å²) in [6.07, 6.45) is 60.0. The molecule has 0 aliphatic carbocycles. The first-order valence-corrected chi connectivity index (χ1v) is 42.3. The summed E-state index contributed by atoms with van der Waals surface area (Å²) in [5, 5.41) is 10.6. The van der Waals surface area contributed by atoms with Gasteiger partial charge in [-0.25, -0.2) is 9.13 Å². The van der Waals surface area contributed by atoms with Gasteiger partial charge in [0.1, 0.15) is 19.3 Å². The number of carbonyl (C=O) groups is 4. The van der Waals surface area contributed by atoms with Crippen LogP contribution in [0.1, 0.15) is 400 Å². The van der Waals surface area contributed by atoms with E-state index in [0.717, 1.165) is 96.3 Å².